The Kier molecular flexibility index (Phi) is 5.71. The van der Waals surface area contributed by atoms with E-state index in [0.717, 1.165) is 26.1 Å². The molecule has 1 aliphatic heterocycles. The summed E-state index contributed by atoms with van der Waals surface area (Å²) in [6.07, 6.45) is 2.36. The summed E-state index contributed by atoms with van der Waals surface area (Å²) in [6.45, 7) is 9.11. The molecule has 2 atom stereocenters. The monoisotopic (exact) mass is 296 g/mol. The lowest BCUT2D eigenvalue weighted by Gasteiger charge is -2.33. The average molecular weight is 296 g/mol. The van der Waals surface area contributed by atoms with Crippen LogP contribution in [0.15, 0.2) is 18.2 Å². The van der Waals surface area contributed by atoms with Crippen molar-refractivity contribution < 1.29 is 8.78 Å². The van der Waals surface area contributed by atoms with Gasteiger partial charge >= 0.3 is 0 Å². The van der Waals surface area contributed by atoms with Crippen molar-refractivity contribution in [2.24, 2.45) is 5.92 Å². The van der Waals surface area contributed by atoms with Gasteiger partial charge in [-0.25, -0.2) is 8.78 Å². The van der Waals surface area contributed by atoms with Crippen molar-refractivity contribution in [1.29, 1.82) is 0 Å². The molecule has 21 heavy (non-hydrogen) atoms. The molecule has 0 bridgehead atoms. The lowest BCUT2D eigenvalue weighted by Crippen LogP contribution is -2.41. The van der Waals surface area contributed by atoms with Crippen molar-refractivity contribution in [1.82, 2.24) is 10.2 Å². The number of nitrogens with one attached hydrogen (secondary N) is 1. The van der Waals surface area contributed by atoms with Crippen LogP contribution in [0.5, 0.6) is 0 Å². The van der Waals surface area contributed by atoms with Gasteiger partial charge in [0, 0.05) is 30.7 Å². The van der Waals surface area contributed by atoms with E-state index in [0.29, 0.717) is 17.5 Å². The SMILES string of the molecule is CC(C)CN(CC1CCCN1)C(C)c1cccc(F)c1F. The van der Waals surface area contributed by atoms with Gasteiger partial charge in [0.25, 0.3) is 0 Å². The maximum Gasteiger partial charge on any atom is 0.163 e. The largest absolute Gasteiger partial charge is 0.313 e. The molecule has 1 aromatic rings. The van der Waals surface area contributed by atoms with E-state index in [1.54, 1.807) is 12.1 Å². The summed E-state index contributed by atoms with van der Waals surface area (Å²) < 4.78 is 27.5. The van der Waals surface area contributed by atoms with Gasteiger partial charge < -0.3 is 5.32 Å². The molecule has 1 aromatic carbocycles. The molecule has 2 rings (SSSR count). The van der Waals surface area contributed by atoms with Crippen LogP contribution in [-0.2, 0) is 0 Å². The Bertz CT molecular complexity index is 456. The molecule has 1 saturated heterocycles. The number of nitrogens with zero attached hydrogens (tertiary/aromatic N) is 1. The predicted molar refractivity (Wildman–Crippen MR) is 82.2 cm³/mol. The predicted octanol–water partition coefficient (Wildman–Crippen LogP) is 3.74. The van der Waals surface area contributed by atoms with Crippen LogP contribution in [0.3, 0.4) is 0 Å². The molecular weight excluding hydrogens is 270 g/mol. The molecule has 4 heteroatoms. The van der Waals surface area contributed by atoms with Gasteiger partial charge in [-0.15, -0.1) is 0 Å². The Morgan fingerprint density at radius 2 is 2.05 bits per heavy atom. The second-order valence-corrected chi connectivity index (χ2v) is 6.46. The highest BCUT2D eigenvalue weighted by Crippen LogP contribution is 2.26. The van der Waals surface area contributed by atoms with Gasteiger partial charge in [-0.05, 0) is 38.3 Å². The number of benzene rings is 1. The highest BCUT2D eigenvalue weighted by molar-refractivity contribution is 5.22. The first-order valence-corrected chi connectivity index (χ1v) is 7.90. The summed E-state index contributed by atoms with van der Waals surface area (Å²) >= 11 is 0. The third kappa shape index (κ3) is 4.24. The molecule has 0 aromatic heterocycles. The van der Waals surface area contributed by atoms with Crippen molar-refractivity contribution in [3.63, 3.8) is 0 Å². The molecule has 0 radical (unpaired) electrons. The summed E-state index contributed by atoms with van der Waals surface area (Å²) in [5, 5.41) is 3.48. The summed E-state index contributed by atoms with van der Waals surface area (Å²) in [5.41, 5.74) is 0.452. The summed E-state index contributed by atoms with van der Waals surface area (Å²) in [6, 6.07) is 4.80. The first-order valence-electron chi connectivity index (χ1n) is 7.90. The van der Waals surface area contributed by atoms with E-state index >= 15 is 0 Å². The van der Waals surface area contributed by atoms with Crippen LogP contribution in [0.25, 0.3) is 0 Å². The van der Waals surface area contributed by atoms with Gasteiger partial charge in [-0.1, -0.05) is 26.0 Å². The Labute approximate surface area is 126 Å². The van der Waals surface area contributed by atoms with Crippen LogP contribution in [0.4, 0.5) is 8.78 Å². The normalized spacial score (nSPS) is 20.4. The van der Waals surface area contributed by atoms with Gasteiger partial charge in [-0.2, -0.15) is 0 Å². The number of hydrogen-bond donors (Lipinski definition) is 1. The summed E-state index contributed by atoms with van der Waals surface area (Å²) in [7, 11) is 0. The second kappa shape index (κ2) is 7.32. The van der Waals surface area contributed by atoms with Crippen LogP contribution < -0.4 is 5.32 Å². The average Bonchev–Trinajstić information content (AvgIpc) is 2.93. The maximum absolute atomic E-state index is 14.0. The quantitative estimate of drug-likeness (QED) is 0.860. The van der Waals surface area contributed by atoms with Crippen molar-refractivity contribution in [2.75, 3.05) is 19.6 Å². The van der Waals surface area contributed by atoms with E-state index in [1.807, 2.05) is 6.92 Å². The fourth-order valence-electron chi connectivity index (χ4n) is 3.10. The zero-order chi connectivity index (χ0) is 15.4. The van der Waals surface area contributed by atoms with Crippen LogP contribution in [0.1, 0.15) is 45.2 Å². The molecule has 0 aliphatic carbocycles. The molecule has 1 N–H and O–H groups in total. The van der Waals surface area contributed by atoms with Crippen molar-refractivity contribution >= 4 is 0 Å². The van der Waals surface area contributed by atoms with Crippen LogP contribution >= 0.6 is 0 Å². The number of rotatable bonds is 6. The Morgan fingerprint density at radius 3 is 2.67 bits per heavy atom. The minimum absolute atomic E-state index is 0.120. The lowest BCUT2D eigenvalue weighted by molar-refractivity contribution is 0.168. The van der Waals surface area contributed by atoms with Gasteiger partial charge in [0.15, 0.2) is 11.6 Å². The van der Waals surface area contributed by atoms with Crippen molar-refractivity contribution in [3.05, 3.63) is 35.4 Å². The molecule has 0 saturated carbocycles. The number of hydrogen-bond acceptors (Lipinski definition) is 2. The molecule has 118 valence electrons. The van der Waals surface area contributed by atoms with Crippen LogP contribution in [0.2, 0.25) is 0 Å². The van der Waals surface area contributed by atoms with Gasteiger partial charge in [0.2, 0.25) is 0 Å². The highest BCUT2D eigenvalue weighted by Gasteiger charge is 2.25. The molecule has 0 spiro atoms. The molecule has 2 unspecified atom stereocenters. The van der Waals surface area contributed by atoms with E-state index in [9.17, 15) is 8.78 Å². The van der Waals surface area contributed by atoms with Crippen LogP contribution in [0, 0.1) is 17.6 Å². The second-order valence-electron chi connectivity index (χ2n) is 6.46. The van der Waals surface area contributed by atoms with Gasteiger partial charge in [-0.3, -0.25) is 4.90 Å². The Balaban J connectivity index is 2.15. The van der Waals surface area contributed by atoms with Crippen LogP contribution in [-0.4, -0.2) is 30.6 Å². The summed E-state index contributed by atoms with van der Waals surface area (Å²) in [5.74, 6) is -0.980. The Hall–Kier alpha value is -1.00. The third-order valence-electron chi connectivity index (χ3n) is 4.20. The third-order valence-corrected chi connectivity index (χ3v) is 4.20. The first kappa shape index (κ1) is 16.4. The maximum atomic E-state index is 14.0. The van der Waals surface area contributed by atoms with E-state index in [2.05, 4.69) is 24.1 Å². The fourth-order valence-corrected chi connectivity index (χ4v) is 3.10. The van der Waals surface area contributed by atoms with E-state index in [-0.39, 0.29) is 6.04 Å². The van der Waals surface area contributed by atoms with Gasteiger partial charge in [0.05, 0.1) is 0 Å². The topological polar surface area (TPSA) is 15.3 Å². The fraction of sp³-hybridized carbons (Fsp3) is 0.647. The molecular formula is C17H26F2N2. The molecule has 2 nitrogen and oxygen atoms in total. The van der Waals surface area contributed by atoms with E-state index in [1.165, 1.54) is 12.5 Å². The number of halogens is 2. The van der Waals surface area contributed by atoms with E-state index in [4.69, 9.17) is 0 Å². The van der Waals surface area contributed by atoms with E-state index < -0.39 is 11.6 Å². The zero-order valence-corrected chi connectivity index (χ0v) is 13.2. The molecule has 1 aliphatic rings. The zero-order valence-electron chi connectivity index (χ0n) is 13.2. The molecule has 1 fully saturated rings. The summed E-state index contributed by atoms with van der Waals surface area (Å²) in [4.78, 5) is 2.27. The van der Waals surface area contributed by atoms with Crippen molar-refractivity contribution in [3.8, 4) is 0 Å². The first-order chi connectivity index (χ1) is 9.99. The van der Waals surface area contributed by atoms with Gasteiger partial charge in [0.1, 0.15) is 0 Å². The lowest BCUT2D eigenvalue weighted by atomic mass is 10.0. The van der Waals surface area contributed by atoms with Crippen molar-refractivity contribution in [2.45, 2.75) is 45.7 Å². The minimum Gasteiger partial charge on any atom is -0.313 e. The minimum atomic E-state index is -0.761. The molecule has 1 heterocycles. The smallest absolute Gasteiger partial charge is 0.163 e. The standard InChI is InChI=1S/C17H26F2N2/c1-12(2)10-21(11-14-6-5-9-20-14)13(3)15-7-4-8-16(18)17(15)19/h4,7-8,12-14,20H,5-6,9-11H2,1-3H3. The highest BCUT2D eigenvalue weighted by atomic mass is 19.2. The Morgan fingerprint density at radius 1 is 1.29 bits per heavy atom. The molecule has 0 amide bonds.